The number of carbonyl (C=O) groups is 2. The summed E-state index contributed by atoms with van der Waals surface area (Å²) in [4.78, 5) is 23.5. The Morgan fingerprint density at radius 3 is 2.29 bits per heavy atom. The summed E-state index contributed by atoms with van der Waals surface area (Å²) >= 11 is 0. The Morgan fingerprint density at radius 2 is 1.65 bits per heavy atom. The molecule has 2 amide bonds. The molecular formula is C25H22N2O4. The van der Waals surface area contributed by atoms with E-state index in [1.165, 1.54) is 23.3 Å². The quantitative estimate of drug-likeness (QED) is 0.566. The van der Waals surface area contributed by atoms with Gasteiger partial charge in [0.2, 0.25) is 0 Å². The van der Waals surface area contributed by atoms with Crippen molar-refractivity contribution in [3.63, 3.8) is 0 Å². The van der Waals surface area contributed by atoms with Gasteiger partial charge in [0.05, 0.1) is 5.56 Å². The smallest absolute Gasteiger partial charge is 0.407 e. The summed E-state index contributed by atoms with van der Waals surface area (Å²) in [5.74, 6) is -0.858. The first-order chi connectivity index (χ1) is 15.0. The lowest BCUT2D eigenvalue weighted by atomic mass is 9.98. The Morgan fingerprint density at radius 1 is 1.00 bits per heavy atom. The van der Waals surface area contributed by atoms with Crippen molar-refractivity contribution in [2.45, 2.75) is 5.92 Å². The molecule has 1 aliphatic carbocycles. The topological polar surface area (TPSA) is 102 Å². The third kappa shape index (κ3) is 4.28. The Hall–Kier alpha value is -4.06. The van der Waals surface area contributed by atoms with E-state index in [0.717, 1.165) is 11.1 Å². The molecule has 0 aromatic heterocycles. The molecule has 31 heavy (non-hydrogen) atoms. The molecule has 0 bridgehead atoms. The van der Waals surface area contributed by atoms with Crippen LogP contribution in [0, 0.1) is 0 Å². The van der Waals surface area contributed by atoms with Gasteiger partial charge in [0, 0.05) is 12.5 Å². The van der Waals surface area contributed by atoms with E-state index in [-0.39, 0.29) is 30.4 Å². The van der Waals surface area contributed by atoms with Crippen molar-refractivity contribution in [3.8, 4) is 16.9 Å². The van der Waals surface area contributed by atoms with Crippen LogP contribution in [0.1, 0.15) is 33.0 Å². The molecule has 0 atom stereocenters. The molecule has 0 aliphatic heterocycles. The zero-order valence-corrected chi connectivity index (χ0v) is 16.7. The van der Waals surface area contributed by atoms with Crippen molar-refractivity contribution in [3.05, 3.63) is 95.1 Å². The number of hydrogen-bond donors (Lipinski definition) is 3. The fourth-order valence-electron chi connectivity index (χ4n) is 3.84. The van der Waals surface area contributed by atoms with Crippen molar-refractivity contribution < 1.29 is 19.4 Å². The van der Waals surface area contributed by atoms with Crippen LogP contribution < -0.4 is 11.1 Å². The molecule has 3 aromatic carbocycles. The van der Waals surface area contributed by atoms with Gasteiger partial charge in [0.25, 0.3) is 5.91 Å². The van der Waals surface area contributed by atoms with Crippen molar-refractivity contribution in [2.75, 3.05) is 13.2 Å². The average Bonchev–Trinajstić information content (AvgIpc) is 3.10. The monoisotopic (exact) mass is 414 g/mol. The largest absolute Gasteiger partial charge is 0.507 e. The van der Waals surface area contributed by atoms with Gasteiger partial charge >= 0.3 is 6.09 Å². The highest BCUT2D eigenvalue weighted by molar-refractivity contribution is 5.96. The minimum atomic E-state index is -0.704. The standard InChI is InChI=1S/C25H22N2O4/c26-24(29)21-14-16(11-12-23(21)28)6-5-13-27-25(30)31-15-22-19-9-3-1-7-17(19)18-8-2-4-10-20(18)22/h1-12,14,22,28H,13,15H2,(H2,26,29)(H,27,30). The van der Waals surface area contributed by atoms with Crippen molar-refractivity contribution in [2.24, 2.45) is 5.73 Å². The van der Waals surface area contributed by atoms with Crippen LogP contribution in [-0.2, 0) is 4.74 Å². The lowest BCUT2D eigenvalue weighted by Crippen LogP contribution is -2.26. The number of benzene rings is 3. The van der Waals surface area contributed by atoms with Crippen LogP contribution in [0.25, 0.3) is 17.2 Å². The predicted molar refractivity (Wildman–Crippen MR) is 119 cm³/mol. The first kappa shape index (κ1) is 20.2. The maximum absolute atomic E-state index is 12.2. The molecule has 0 spiro atoms. The van der Waals surface area contributed by atoms with Gasteiger partial charge in [-0.2, -0.15) is 0 Å². The summed E-state index contributed by atoms with van der Waals surface area (Å²) < 4.78 is 5.48. The molecule has 4 rings (SSSR count). The highest BCUT2D eigenvalue weighted by Gasteiger charge is 2.28. The van der Waals surface area contributed by atoms with Crippen molar-refractivity contribution in [1.82, 2.24) is 5.32 Å². The number of nitrogens with two attached hydrogens (primary N) is 1. The minimum absolute atomic E-state index is 0.0120. The maximum Gasteiger partial charge on any atom is 0.407 e. The first-order valence-corrected chi connectivity index (χ1v) is 9.93. The van der Waals surface area contributed by atoms with Crippen LogP contribution in [0.3, 0.4) is 0 Å². The number of ether oxygens (including phenoxy) is 1. The molecule has 6 nitrogen and oxygen atoms in total. The van der Waals surface area contributed by atoms with Crippen LogP contribution >= 0.6 is 0 Å². The van der Waals surface area contributed by atoms with Gasteiger partial charge in [-0.1, -0.05) is 66.7 Å². The third-order valence-corrected chi connectivity index (χ3v) is 5.30. The van der Waals surface area contributed by atoms with E-state index < -0.39 is 12.0 Å². The van der Waals surface area contributed by atoms with Gasteiger partial charge in [0.15, 0.2) is 0 Å². The minimum Gasteiger partial charge on any atom is -0.507 e. The molecule has 156 valence electrons. The number of rotatable bonds is 6. The van der Waals surface area contributed by atoms with Gasteiger partial charge < -0.3 is 20.9 Å². The van der Waals surface area contributed by atoms with E-state index in [2.05, 4.69) is 29.6 Å². The number of hydrogen-bond acceptors (Lipinski definition) is 4. The van der Waals surface area contributed by atoms with Crippen LogP contribution in [0.15, 0.2) is 72.8 Å². The SMILES string of the molecule is NC(=O)c1cc(C=CCNC(=O)OCC2c3ccccc3-c3ccccc32)ccc1O. The number of alkyl carbamates (subject to hydrolysis) is 1. The lowest BCUT2D eigenvalue weighted by Gasteiger charge is -2.14. The van der Waals surface area contributed by atoms with Crippen LogP contribution in [0.4, 0.5) is 4.79 Å². The van der Waals surface area contributed by atoms with E-state index in [9.17, 15) is 14.7 Å². The molecule has 1 aliphatic rings. The van der Waals surface area contributed by atoms with Crippen molar-refractivity contribution in [1.29, 1.82) is 0 Å². The maximum atomic E-state index is 12.2. The average molecular weight is 414 g/mol. The molecular weight excluding hydrogens is 392 g/mol. The van der Waals surface area contributed by atoms with E-state index in [0.29, 0.717) is 5.56 Å². The summed E-state index contributed by atoms with van der Waals surface area (Å²) in [5, 5.41) is 12.3. The molecule has 0 saturated heterocycles. The van der Waals surface area contributed by atoms with Gasteiger partial charge in [-0.3, -0.25) is 4.79 Å². The first-order valence-electron chi connectivity index (χ1n) is 9.93. The molecule has 0 radical (unpaired) electrons. The van der Waals surface area contributed by atoms with Gasteiger partial charge in [0.1, 0.15) is 12.4 Å². The van der Waals surface area contributed by atoms with Gasteiger partial charge in [-0.15, -0.1) is 0 Å². The summed E-state index contributed by atoms with van der Waals surface area (Å²) in [6.07, 6.45) is 2.93. The van der Waals surface area contributed by atoms with Gasteiger partial charge in [-0.05, 0) is 39.9 Å². The van der Waals surface area contributed by atoms with E-state index >= 15 is 0 Å². The number of primary amides is 1. The Bertz CT molecular complexity index is 1120. The predicted octanol–water partition coefficient (Wildman–Crippen LogP) is 4.04. The van der Waals surface area contributed by atoms with E-state index in [1.54, 1.807) is 18.2 Å². The number of amides is 2. The molecule has 0 unspecified atom stereocenters. The molecule has 3 aromatic rings. The third-order valence-electron chi connectivity index (χ3n) is 5.30. The Balaban J connectivity index is 1.33. The second-order valence-corrected chi connectivity index (χ2v) is 7.25. The Kier molecular flexibility index (Phi) is 5.71. The second-order valence-electron chi connectivity index (χ2n) is 7.25. The Labute approximate surface area is 180 Å². The van der Waals surface area contributed by atoms with Crippen LogP contribution in [-0.4, -0.2) is 30.3 Å². The number of aromatic hydroxyl groups is 1. The van der Waals surface area contributed by atoms with E-state index in [4.69, 9.17) is 10.5 Å². The highest BCUT2D eigenvalue weighted by Crippen LogP contribution is 2.44. The second kappa shape index (κ2) is 8.75. The normalized spacial score (nSPS) is 12.4. The zero-order valence-electron chi connectivity index (χ0n) is 16.7. The summed E-state index contributed by atoms with van der Waals surface area (Å²) in [7, 11) is 0. The zero-order chi connectivity index (χ0) is 21.8. The number of fused-ring (bicyclic) bond motifs is 3. The molecule has 0 saturated carbocycles. The molecule has 6 heteroatoms. The summed E-state index contributed by atoms with van der Waals surface area (Å²) in [6.45, 7) is 0.507. The van der Waals surface area contributed by atoms with E-state index in [1.807, 2.05) is 24.3 Å². The summed E-state index contributed by atoms with van der Waals surface area (Å²) in [5.41, 5.74) is 10.6. The van der Waals surface area contributed by atoms with Crippen LogP contribution in [0.5, 0.6) is 5.75 Å². The van der Waals surface area contributed by atoms with Crippen molar-refractivity contribution >= 4 is 18.1 Å². The summed E-state index contributed by atoms with van der Waals surface area (Å²) in [6, 6.07) is 20.9. The van der Waals surface area contributed by atoms with Gasteiger partial charge in [-0.25, -0.2) is 4.79 Å². The molecule has 0 heterocycles. The van der Waals surface area contributed by atoms with Crippen LogP contribution in [0.2, 0.25) is 0 Å². The lowest BCUT2D eigenvalue weighted by molar-refractivity contribution is 0.0997. The fourth-order valence-corrected chi connectivity index (χ4v) is 3.84. The number of carbonyl (C=O) groups excluding carboxylic acids is 2. The highest BCUT2D eigenvalue weighted by atomic mass is 16.5. The fraction of sp³-hybridized carbons (Fsp3) is 0.120. The number of phenols is 1. The number of nitrogens with one attached hydrogen (secondary N) is 1. The molecule has 4 N–H and O–H groups in total. The molecule has 0 fully saturated rings.